The Morgan fingerprint density at radius 3 is 2.71 bits per heavy atom. The number of amides is 1. The van der Waals surface area contributed by atoms with E-state index in [4.69, 9.17) is 11.6 Å². The van der Waals surface area contributed by atoms with E-state index < -0.39 is 0 Å². The number of rotatable bonds is 1. The Hall–Kier alpha value is -1.41. The summed E-state index contributed by atoms with van der Waals surface area (Å²) >= 11 is 6.01. The van der Waals surface area contributed by atoms with E-state index >= 15 is 0 Å². The van der Waals surface area contributed by atoms with Crippen molar-refractivity contribution >= 4 is 23.7 Å². The van der Waals surface area contributed by atoms with Crippen molar-refractivity contribution in [1.82, 2.24) is 0 Å². The minimum Gasteiger partial charge on any atom is -0.268 e. The van der Waals surface area contributed by atoms with Crippen molar-refractivity contribution in [2.45, 2.75) is 5.92 Å². The summed E-state index contributed by atoms with van der Waals surface area (Å²) in [5, 5.41) is 0.697. The molecule has 1 heterocycles. The highest BCUT2D eigenvalue weighted by Gasteiger charge is 2.12. The molecule has 0 N–H and O–H groups in total. The predicted octanol–water partition coefficient (Wildman–Crippen LogP) is 2.59. The minimum absolute atomic E-state index is 0.0152. The summed E-state index contributed by atoms with van der Waals surface area (Å²) in [5.74, 6) is -0.199. The zero-order valence-corrected chi connectivity index (χ0v) is 8.11. The van der Waals surface area contributed by atoms with Crippen LogP contribution in [-0.2, 0) is 4.79 Å². The Morgan fingerprint density at radius 2 is 2.07 bits per heavy atom. The van der Waals surface area contributed by atoms with Crippen LogP contribution in [-0.4, -0.2) is 12.1 Å². The molecule has 1 atom stereocenters. The first-order valence-corrected chi connectivity index (χ1v) is 4.66. The quantitative estimate of drug-likeness (QED) is 0.693. The molecule has 70 valence electrons. The number of carbonyl (C=O) groups is 1. The maximum atomic E-state index is 10.8. The second-order valence-corrected chi connectivity index (χ2v) is 3.43. The highest BCUT2D eigenvalue weighted by Crippen LogP contribution is 2.25. The molecule has 0 aromatic heterocycles. The Balaban J connectivity index is 2.33. The molecule has 1 amide bonds. The molecule has 0 aliphatic carbocycles. The van der Waals surface area contributed by atoms with Gasteiger partial charge in [0.05, 0.1) is 0 Å². The first-order chi connectivity index (χ1) is 6.77. The normalized spacial score (nSPS) is 20.1. The fraction of sp³-hybridized carbons (Fsp3) is 0.0909. The monoisotopic (exact) mass is 205 g/mol. The van der Waals surface area contributed by atoms with Crippen LogP contribution in [0, 0.1) is 0 Å². The highest BCUT2D eigenvalue weighted by atomic mass is 35.5. The van der Waals surface area contributed by atoms with E-state index in [-0.39, 0.29) is 11.8 Å². The molecule has 1 aliphatic heterocycles. The highest BCUT2D eigenvalue weighted by molar-refractivity contribution is 6.31. The van der Waals surface area contributed by atoms with Gasteiger partial charge in [0, 0.05) is 23.2 Å². The number of nitrogens with zero attached hydrogens (tertiary/aromatic N) is 1. The maximum absolute atomic E-state index is 10.8. The fourth-order valence-electron chi connectivity index (χ4n) is 1.36. The van der Waals surface area contributed by atoms with Gasteiger partial charge in [0.1, 0.15) is 0 Å². The van der Waals surface area contributed by atoms with Crippen molar-refractivity contribution in [3.63, 3.8) is 0 Å². The number of hydrogen-bond donors (Lipinski definition) is 0. The average Bonchev–Trinajstić information content (AvgIpc) is 2.20. The Morgan fingerprint density at radius 1 is 1.29 bits per heavy atom. The molecule has 1 aromatic rings. The first-order valence-electron chi connectivity index (χ1n) is 4.28. The number of halogens is 1. The van der Waals surface area contributed by atoms with E-state index in [0.29, 0.717) is 5.02 Å². The lowest BCUT2D eigenvalue weighted by Gasteiger charge is -2.11. The van der Waals surface area contributed by atoms with Crippen LogP contribution in [0.25, 0.3) is 0 Å². The van der Waals surface area contributed by atoms with Crippen LogP contribution in [0.4, 0.5) is 0 Å². The van der Waals surface area contributed by atoms with Gasteiger partial charge >= 0.3 is 0 Å². The number of dihydropyridines is 1. The second kappa shape index (κ2) is 3.76. The second-order valence-electron chi connectivity index (χ2n) is 3.02. The lowest BCUT2D eigenvalue weighted by atomic mass is 9.98. The van der Waals surface area contributed by atoms with Crippen LogP contribution in [0.15, 0.2) is 41.4 Å². The average molecular weight is 206 g/mol. The van der Waals surface area contributed by atoms with E-state index in [9.17, 15) is 4.79 Å². The van der Waals surface area contributed by atoms with Crippen LogP contribution < -0.4 is 0 Å². The molecule has 0 radical (unpaired) electrons. The molecule has 2 nitrogen and oxygen atoms in total. The minimum atomic E-state index is -0.215. The lowest BCUT2D eigenvalue weighted by Crippen LogP contribution is -2.04. The number of hydrogen-bond acceptors (Lipinski definition) is 1. The molecule has 1 aromatic carbocycles. The molecule has 3 heteroatoms. The molecule has 0 spiro atoms. The third-order valence-electron chi connectivity index (χ3n) is 2.07. The summed E-state index contributed by atoms with van der Waals surface area (Å²) in [6, 6.07) is 7.55. The zero-order valence-electron chi connectivity index (χ0n) is 7.35. The molecule has 1 unspecified atom stereocenters. The van der Waals surface area contributed by atoms with Gasteiger partial charge in [-0.2, -0.15) is 0 Å². The summed E-state index contributed by atoms with van der Waals surface area (Å²) in [7, 11) is 0. The van der Waals surface area contributed by atoms with Gasteiger partial charge in [-0.25, -0.2) is 4.99 Å². The van der Waals surface area contributed by atoms with Gasteiger partial charge in [0.15, 0.2) is 0 Å². The largest absolute Gasteiger partial charge is 0.269 e. The van der Waals surface area contributed by atoms with Gasteiger partial charge in [-0.15, -0.1) is 0 Å². The first kappa shape index (κ1) is 9.16. The van der Waals surface area contributed by atoms with Gasteiger partial charge in [-0.05, 0) is 11.6 Å². The fourth-order valence-corrected chi connectivity index (χ4v) is 1.62. The van der Waals surface area contributed by atoms with Crippen LogP contribution in [0.2, 0.25) is 5.02 Å². The summed E-state index contributed by atoms with van der Waals surface area (Å²) in [6.07, 6.45) is 4.88. The van der Waals surface area contributed by atoms with Gasteiger partial charge in [0.2, 0.25) is 0 Å². The van der Waals surface area contributed by atoms with Crippen molar-refractivity contribution in [3.8, 4) is 0 Å². The molecule has 1 aliphatic rings. The predicted molar refractivity (Wildman–Crippen MR) is 56.8 cm³/mol. The Kier molecular flexibility index (Phi) is 2.46. The van der Waals surface area contributed by atoms with Crippen molar-refractivity contribution in [2.75, 3.05) is 0 Å². The van der Waals surface area contributed by atoms with Gasteiger partial charge in [0.25, 0.3) is 5.91 Å². The van der Waals surface area contributed by atoms with E-state index in [1.54, 1.807) is 12.3 Å². The molecule has 0 fully saturated rings. The number of carbonyl (C=O) groups excluding carboxylic acids is 1. The van der Waals surface area contributed by atoms with Crippen LogP contribution >= 0.6 is 11.6 Å². The van der Waals surface area contributed by atoms with E-state index in [1.165, 1.54) is 6.08 Å². The van der Waals surface area contributed by atoms with Crippen LogP contribution in [0.1, 0.15) is 11.5 Å². The maximum Gasteiger partial charge on any atom is 0.269 e. The molecule has 14 heavy (non-hydrogen) atoms. The third kappa shape index (κ3) is 1.75. The lowest BCUT2D eigenvalue weighted by molar-refractivity contribution is -0.113. The van der Waals surface area contributed by atoms with Crippen LogP contribution in [0.3, 0.4) is 0 Å². The smallest absolute Gasteiger partial charge is 0.268 e. The number of allylic oxidation sites excluding steroid dienone is 1. The Bertz CT molecular complexity index is 407. The molecule has 0 saturated carbocycles. The van der Waals surface area contributed by atoms with Gasteiger partial charge in [-0.1, -0.05) is 35.9 Å². The topological polar surface area (TPSA) is 29.4 Å². The van der Waals surface area contributed by atoms with Crippen molar-refractivity contribution in [2.24, 2.45) is 4.99 Å². The zero-order chi connectivity index (χ0) is 9.97. The van der Waals surface area contributed by atoms with Crippen molar-refractivity contribution in [1.29, 1.82) is 0 Å². The Labute approximate surface area is 86.9 Å². The van der Waals surface area contributed by atoms with Crippen molar-refractivity contribution in [3.05, 3.63) is 47.0 Å². The van der Waals surface area contributed by atoms with Crippen molar-refractivity contribution < 1.29 is 4.79 Å². The van der Waals surface area contributed by atoms with Gasteiger partial charge < -0.3 is 0 Å². The third-order valence-corrected chi connectivity index (χ3v) is 2.42. The van der Waals surface area contributed by atoms with Crippen LogP contribution in [0.5, 0.6) is 0 Å². The van der Waals surface area contributed by atoms with E-state index in [2.05, 4.69) is 4.99 Å². The molecule has 0 bridgehead atoms. The summed E-state index contributed by atoms with van der Waals surface area (Å²) in [5.41, 5.74) is 0.974. The number of benzene rings is 1. The number of aliphatic imine (C=N–C) groups is 1. The van der Waals surface area contributed by atoms with E-state index in [0.717, 1.165) is 5.56 Å². The standard InChI is InChI=1S/C11H8ClNO/c12-10-4-2-1-3-9(10)8-5-6-11(14)13-7-8/h1-8H. The van der Waals surface area contributed by atoms with Gasteiger partial charge in [-0.3, -0.25) is 4.79 Å². The molecule has 0 saturated heterocycles. The molecular weight excluding hydrogens is 198 g/mol. The summed E-state index contributed by atoms with van der Waals surface area (Å²) < 4.78 is 0. The summed E-state index contributed by atoms with van der Waals surface area (Å²) in [4.78, 5) is 14.5. The van der Waals surface area contributed by atoms with E-state index in [1.807, 2.05) is 24.3 Å². The summed E-state index contributed by atoms with van der Waals surface area (Å²) in [6.45, 7) is 0. The SMILES string of the molecule is O=C1C=CC(c2ccccc2Cl)C=N1. The molecular formula is C11H8ClNO. The molecule has 2 rings (SSSR count).